The van der Waals surface area contributed by atoms with Crippen LogP contribution in [0.1, 0.15) is 28.9 Å². The lowest BCUT2D eigenvalue weighted by Gasteiger charge is -2.11. The third kappa shape index (κ3) is 4.60. The Balaban J connectivity index is 1.50. The number of aromatic nitrogens is 3. The van der Waals surface area contributed by atoms with Gasteiger partial charge in [0.1, 0.15) is 5.75 Å². The van der Waals surface area contributed by atoms with Crippen LogP contribution in [0.25, 0.3) is 16.9 Å². The lowest BCUT2D eigenvalue weighted by molar-refractivity contribution is -0.121. The van der Waals surface area contributed by atoms with Crippen molar-refractivity contribution in [3.8, 4) is 17.0 Å². The van der Waals surface area contributed by atoms with E-state index in [2.05, 4.69) is 5.32 Å². The van der Waals surface area contributed by atoms with Crippen LogP contribution >= 0.6 is 11.6 Å². The first-order chi connectivity index (χ1) is 15.5. The van der Waals surface area contributed by atoms with Gasteiger partial charge in [-0.3, -0.25) is 4.79 Å². The summed E-state index contributed by atoms with van der Waals surface area (Å²) in [5, 5.41) is 8.41. The van der Waals surface area contributed by atoms with Crippen molar-refractivity contribution >= 4 is 23.2 Å². The van der Waals surface area contributed by atoms with Crippen LogP contribution < -0.4 is 10.1 Å². The standard InChI is InChI=1S/C25H25ClN4O2/c1-16-20(12-13-25(31)27-15-18-8-10-19(26)11-9-18)17(2)30-24(28-16)14-22(29-30)21-6-4-5-7-23(21)32-3/h4-11,14H,12-13,15H2,1-3H3,(H,27,31). The Kier molecular flexibility index (Phi) is 6.42. The summed E-state index contributed by atoms with van der Waals surface area (Å²) >= 11 is 5.91. The summed E-state index contributed by atoms with van der Waals surface area (Å²) < 4.78 is 7.32. The Morgan fingerprint density at radius 1 is 1.12 bits per heavy atom. The van der Waals surface area contributed by atoms with Crippen LogP contribution in [0.15, 0.2) is 54.6 Å². The summed E-state index contributed by atoms with van der Waals surface area (Å²) in [6.45, 7) is 4.47. The molecule has 7 heteroatoms. The summed E-state index contributed by atoms with van der Waals surface area (Å²) in [4.78, 5) is 17.1. The molecule has 2 aromatic heterocycles. The minimum atomic E-state index is -0.00553. The summed E-state index contributed by atoms with van der Waals surface area (Å²) in [7, 11) is 1.65. The summed E-state index contributed by atoms with van der Waals surface area (Å²) in [6.07, 6.45) is 0.972. The maximum absolute atomic E-state index is 12.4. The molecule has 0 bridgehead atoms. The molecule has 0 atom stereocenters. The van der Waals surface area contributed by atoms with E-state index < -0.39 is 0 Å². The fourth-order valence-electron chi connectivity index (χ4n) is 3.81. The van der Waals surface area contributed by atoms with Gasteiger partial charge in [-0.1, -0.05) is 35.9 Å². The number of para-hydroxylation sites is 1. The number of ether oxygens (including phenoxy) is 1. The van der Waals surface area contributed by atoms with Gasteiger partial charge in [-0.2, -0.15) is 5.10 Å². The van der Waals surface area contributed by atoms with Crippen molar-refractivity contribution in [1.29, 1.82) is 0 Å². The molecule has 0 aliphatic heterocycles. The number of nitrogens with zero attached hydrogens (tertiary/aromatic N) is 3. The van der Waals surface area contributed by atoms with E-state index in [1.54, 1.807) is 7.11 Å². The van der Waals surface area contributed by atoms with Crippen LogP contribution in [0.3, 0.4) is 0 Å². The van der Waals surface area contributed by atoms with Crippen LogP contribution in [0.5, 0.6) is 5.75 Å². The molecule has 0 unspecified atom stereocenters. The molecule has 164 valence electrons. The Labute approximate surface area is 192 Å². The van der Waals surface area contributed by atoms with E-state index in [9.17, 15) is 4.79 Å². The number of fused-ring (bicyclic) bond motifs is 1. The number of carbonyl (C=O) groups is 1. The first-order valence-corrected chi connectivity index (χ1v) is 10.8. The van der Waals surface area contributed by atoms with Crippen molar-refractivity contribution in [2.75, 3.05) is 7.11 Å². The molecule has 1 N–H and O–H groups in total. The summed E-state index contributed by atoms with van der Waals surface area (Å²) in [6, 6.07) is 17.2. The highest BCUT2D eigenvalue weighted by atomic mass is 35.5. The molecule has 4 rings (SSSR count). The third-order valence-corrected chi connectivity index (χ3v) is 5.80. The number of carbonyl (C=O) groups excluding carboxylic acids is 1. The van der Waals surface area contributed by atoms with Crippen molar-refractivity contribution in [2.45, 2.75) is 33.2 Å². The predicted molar refractivity (Wildman–Crippen MR) is 126 cm³/mol. The van der Waals surface area contributed by atoms with Gasteiger partial charge in [-0.15, -0.1) is 0 Å². The normalized spacial score (nSPS) is 11.0. The van der Waals surface area contributed by atoms with Crippen molar-refractivity contribution in [1.82, 2.24) is 19.9 Å². The Bertz CT molecular complexity index is 1270. The zero-order valence-corrected chi connectivity index (χ0v) is 19.1. The van der Waals surface area contributed by atoms with Crippen LogP contribution in [-0.4, -0.2) is 27.6 Å². The van der Waals surface area contributed by atoms with E-state index in [1.807, 2.05) is 73.0 Å². The first kappa shape index (κ1) is 21.8. The molecule has 0 fully saturated rings. The maximum atomic E-state index is 12.4. The highest BCUT2D eigenvalue weighted by Gasteiger charge is 2.16. The maximum Gasteiger partial charge on any atom is 0.220 e. The largest absolute Gasteiger partial charge is 0.496 e. The second kappa shape index (κ2) is 9.40. The van der Waals surface area contributed by atoms with E-state index in [1.165, 1.54) is 0 Å². The number of nitrogens with one attached hydrogen (secondary N) is 1. The van der Waals surface area contributed by atoms with E-state index in [4.69, 9.17) is 26.4 Å². The van der Waals surface area contributed by atoms with Gasteiger partial charge in [0, 0.05) is 41.0 Å². The summed E-state index contributed by atoms with van der Waals surface area (Å²) in [5.41, 5.74) is 6.44. The SMILES string of the molecule is COc1ccccc1-c1cc2nc(C)c(CCC(=O)NCc3ccc(Cl)cc3)c(C)n2n1. The smallest absolute Gasteiger partial charge is 0.220 e. The highest BCUT2D eigenvalue weighted by Crippen LogP contribution is 2.30. The van der Waals surface area contributed by atoms with Crippen molar-refractivity contribution in [3.05, 3.63) is 82.1 Å². The lowest BCUT2D eigenvalue weighted by atomic mass is 10.1. The molecule has 0 saturated carbocycles. The van der Waals surface area contributed by atoms with E-state index in [-0.39, 0.29) is 5.91 Å². The van der Waals surface area contributed by atoms with Gasteiger partial charge in [-0.05, 0) is 55.7 Å². The molecule has 2 aromatic carbocycles. The molecule has 1 amide bonds. The van der Waals surface area contributed by atoms with Crippen molar-refractivity contribution < 1.29 is 9.53 Å². The van der Waals surface area contributed by atoms with E-state index in [0.717, 1.165) is 45.2 Å². The number of halogens is 1. The number of hydrogen-bond donors (Lipinski definition) is 1. The lowest BCUT2D eigenvalue weighted by Crippen LogP contribution is -2.23. The van der Waals surface area contributed by atoms with Crippen LogP contribution in [0.4, 0.5) is 0 Å². The molecule has 0 saturated heterocycles. The molecule has 0 aliphatic carbocycles. The minimum Gasteiger partial charge on any atom is -0.496 e. The topological polar surface area (TPSA) is 68.5 Å². The molecule has 0 radical (unpaired) electrons. The number of hydrogen-bond acceptors (Lipinski definition) is 4. The third-order valence-electron chi connectivity index (χ3n) is 5.55. The first-order valence-electron chi connectivity index (χ1n) is 10.5. The highest BCUT2D eigenvalue weighted by molar-refractivity contribution is 6.30. The number of benzene rings is 2. The molecule has 6 nitrogen and oxygen atoms in total. The number of aryl methyl sites for hydroxylation is 2. The Hall–Kier alpha value is -3.38. The Morgan fingerprint density at radius 3 is 2.62 bits per heavy atom. The molecule has 2 heterocycles. The fourth-order valence-corrected chi connectivity index (χ4v) is 3.93. The fraction of sp³-hybridized carbons (Fsp3) is 0.240. The van der Waals surface area contributed by atoms with Crippen LogP contribution in [-0.2, 0) is 17.8 Å². The van der Waals surface area contributed by atoms with Gasteiger partial charge < -0.3 is 10.1 Å². The summed E-state index contributed by atoms with van der Waals surface area (Å²) in [5.74, 6) is 0.761. The molecule has 0 aliphatic rings. The monoisotopic (exact) mass is 448 g/mol. The number of methoxy groups -OCH3 is 1. The zero-order valence-electron chi connectivity index (χ0n) is 18.4. The second-order valence-electron chi connectivity index (χ2n) is 7.66. The van der Waals surface area contributed by atoms with Gasteiger partial charge >= 0.3 is 0 Å². The van der Waals surface area contributed by atoms with Crippen LogP contribution in [0.2, 0.25) is 5.02 Å². The number of amides is 1. The average Bonchev–Trinajstić information content (AvgIpc) is 3.22. The molecule has 32 heavy (non-hydrogen) atoms. The van der Waals surface area contributed by atoms with E-state index >= 15 is 0 Å². The molecule has 0 spiro atoms. The van der Waals surface area contributed by atoms with Crippen molar-refractivity contribution in [3.63, 3.8) is 0 Å². The minimum absolute atomic E-state index is 0.00553. The molecule has 4 aromatic rings. The molecular formula is C25H25ClN4O2. The predicted octanol–water partition coefficient (Wildman–Crippen LogP) is 4.92. The zero-order chi connectivity index (χ0) is 22.7. The van der Waals surface area contributed by atoms with Crippen molar-refractivity contribution in [2.24, 2.45) is 0 Å². The second-order valence-corrected chi connectivity index (χ2v) is 8.10. The van der Waals surface area contributed by atoms with Gasteiger partial charge in [0.25, 0.3) is 0 Å². The average molecular weight is 449 g/mol. The van der Waals surface area contributed by atoms with Crippen LogP contribution in [0, 0.1) is 13.8 Å². The quantitative estimate of drug-likeness (QED) is 0.435. The number of rotatable bonds is 7. The van der Waals surface area contributed by atoms with Gasteiger partial charge in [0.2, 0.25) is 5.91 Å². The molecular weight excluding hydrogens is 424 g/mol. The van der Waals surface area contributed by atoms with Gasteiger partial charge in [0.15, 0.2) is 5.65 Å². The Morgan fingerprint density at radius 2 is 1.88 bits per heavy atom. The van der Waals surface area contributed by atoms with E-state index in [0.29, 0.717) is 24.4 Å². The van der Waals surface area contributed by atoms with Gasteiger partial charge in [0.05, 0.1) is 12.8 Å². The van der Waals surface area contributed by atoms with Gasteiger partial charge in [-0.25, -0.2) is 9.50 Å².